The molecule has 0 amide bonds. The Morgan fingerprint density at radius 1 is 1.29 bits per heavy atom. The van der Waals surface area contributed by atoms with E-state index in [1.54, 1.807) is 24.3 Å². The number of alkyl halides is 3. The first-order valence-electron chi connectivity index (χ1n) is 5.48. The Hall–Kier alpha value is -0.740. The first-order valence-corrected chi connectivity index (χ1v) is 5.86. The van der Waals surface area contributed by atoms with Gasteiger partial charge in [0.25, 0.3) is 0 Å². The van der Waals surface area contributed by atoms with Crippen LogP contribution in [0.5, 0.6) is 0 Å². The molecule has 5 heteroatoms. The fourth-order valence-corrected chi connectivity index (χ4v) is 1.87. The third-order valence-electron chi connectivity index (χ3n) is 2.36. The molecule has 17 heavy (non-hydrogen) atoms. The lowest BCUT2D eigenvalue weighted by Crippen LogP contribution is -2.27. The van der Waals surface area contributed by atoms with Gasteiger partial charge in [0.1, 0.15) is 0 Å². The molecule has 0 saturated carbocycles. The summed E-state index contributed by atoms with van der Waals surface area (Å²) in [6.45, 7) is 2.44. The van der Waals surface area contributed by atoms with Crippen LogP contribution < -0.4 is 5.32 Å². The summed E-state index contributed by atoms with van der Waals surface area (Å²) in [5, 5.41) is 3.24. The average molecular weight is 266 g/mol. The van der Waals surface area contributed by atoms with Gasteiger partial charge in [0, 0.05) is 11.1 Å². The lowest BCUT2D eigenvalue weighted by atomic mass is 10.0. The van der Waals surface area contributed by atoms with Gasteiger partial charge in [-0.2, -0.15) is 13.2 Å². The normalized spacial score (nSPS) is 13.7. The van der Waals surface area contributed by atoms with Gasteiger partial charge in [-0.25, -0.2) is 0 Å². The topological polar surface area (TPSA) is 12.0 Å². The van der Waals surface area contributed by atoms with Gasteiger partial charge in [0.15, 0.2) is 0 Å². The summed E-state index contributed by atoms with van der Waals surface area (Å²) < 4.78 is 37.4. The Balaban J connectivity index is 2.86. The van der Waals surface area contributed by atoms with Gasteiger partial charge in [-0.3, -0.25) is 0 Å². The van der Waals surface area contributed by atoms with Gasteiger partial charge in [-0.1, -0.05) is 36.7 Å². The van der Waals surface area contributed by atoms with Crippen molar-refractivity contribution in [2.24, 2.45) is 0 Å². The van der Waals surface area contributed by atoms with Crippen LogP contribution in [0.1, 0.15) is 31.4 Å². The zero-order valence-corrected chi connectivity index (χ0v) is 10.3. The minimum atomic E-state index is -4.20. The number of halogens is 4. The Bertz CT molecular complexity index is 352. The maximum absolute atomic E-state index is 12.5. The van der Waals surface area contributed by atoms with E-state index in [9.17, 15) is 13.2 Å². The van der Waals surface area contributed by atoms with Gasteiger partial charge >= 0.3 is 6.18 Å². The summed E-state index contributed by atoms with van der Waals surface area (Å²) in [6, 6.07) is 5.85. The Morgan fingerprint density at radius 2 is 1.94 bits per heavy atom. The van der Waals surface area contributed by atoms with Crippen LogP contribution in [0.15, 0.2) is 24.3 Å². The van der Waals surface area contributed by atoms with Crippen molar-refractivity contribution in [3.05, 3.63) is 34.9 Å². The first-order chi connectivity index (χ1) is 7.94. The molecular formula is C12H15ClF3N. The van der Waals surface area contributed by atoms with Gasteiger partial charge in [0.2, 0.25) is 0 Å². The van der Waals surface area contributed by atoms with Crippen LogP contribution in [0.4, 0.5) is 13.2 Å². The van der Waals surface area contributed by atoms with E-state index in [-0.39, 0.29) is 0 Å². The molecule has 0 fully saturated rings. The maximum atomic E-state index is 12.5. The van der Waals surface area contributed by atoms with Crippen molar-refractivity contribution in [2.75, 3.05) is 6.54 Å². The average Bonchev–Trinajstić information content (AvgIpc) is 2.23. The van der Waals surface area contributed by atoms with Crippen LogP contribution in [0.3, 0.4) is 0 Å². The lowest BCUT2D eigenvalue weighted by Gasteiger charge is -2.21. The van der Waals surface area contributed by atoms with Gasteiger partial charge in [0.05, 0.1) is 6.42 Å². The van der Waals surface area contributed by atoms with E-state index < -0.39 is 18.6 Å². The first kappa shape index (κ1) is 14.3. The number of nitrogens with one attached hydrogen (secondary N) is 1. The third kappa shape index (κ3) is 4.96. The molecule has 1 rings (SSSR count). The van der Waals surface area contributed by atoms with Crippen LogP contribution in [0.2, 0.25) is 5.02 Å². The molecular weight excluding hydrogens is 251 g/mol. The summed E-state index contributed by atoms with van der Waals surface area (Å²) in [5.74, 6) is 0. The second-order valence-electron chi connectivity index (χ2n) is 3.85. The second kappa shape index (κ2) is 6.26. The van der Waals surface area contributed by atoms with Gasteiger partial charge in [-0.05, 0) is 24.6 Å². The molecule has 1 unspecified atom stereocenters. The van der Waals surface area contributed by atoms with E-state index >= 15 is 0 Å². The van der Waals surface area contributed by atoms with Gasteiger partial charge < -0.3 is 5.32 Å². The quantitative estimate of drug-likeness (QED) is 0.835. The highest BCUT2D eigenvalue weighted by atomic mass is 35.5. The molecule has 1 nitrogen and oxygen atoms in total. The number of rotatable bonds is 5. The highest BCUT2D eigenvalue weighted by Crippen LogP contribution is 2.32. The molecule has 0 aliphatic heterocycles. The van der Waals surface area contributed by atoms with Crippen molar-refractivity contribution in [3.63, 3.8) is 0 Å². The predicted molar refractivity (Wildman–Crippen MR) is 63.2 cm³/mol. The summed E-state index contributed by atoms with van der Waals surface area (Å²) in [6.07, 6.45) is -4.33. The molecule has 0 spiro atoms. The summed E-state index contributed by atoms with van der Waals surface area (Å²) in [4.78, 5) is 0. The molecule has 0 aromatic heterocycles. The molecule has 1 atom stereocenters. The smallest absolute Gasteiger partial charge is 0.310 e. The highest BCUT2D eigenvalue weighted by Gasteiger charge is 2.32. The van der Waals surface area contributed by atoms with Crippen LogP contribution >= 0.6 is 11.6 Å². The molecule has 0 bridgehead atoms. The Morgan fingerprint density at radius 3 is 2.47 bits per heavy atom. The summed E-state index contributed by atoms with van der Waals surface area (Å²) in [7, 11) is 0. The van der Waals surface area contributed by atoms with Crippen LogP contribution in [-0.4, -0.2) is 12.7 Å². The van der Waals surface area contributed by atoms with Crippen molar-refractivity contribution in [1.29, 1.82) is 0 Å². The number of hydrogen-bond acceptors (Lipinski definition) is 1. The molecule has 1 aromatic rings. The molecule has 1 aromatic carbocycles. The van der Waals surface area contributed by atoms with E-state index in [0.717, 1.165) is 6.42 Å². The maximum Gasteiger partial charge on any atom is 0.390 e. The van der Waals surface area contributed by atoms with Gasteiger partial charge in [-0.15, -0.1) is 0 Å². The highest BCUT2D eigenvalue weighted by molar-refractivity contribution is 6.31. The minimum absolute atomic E-state index is 0.366. The fraction of sp³-hybridized carbons (Fsp3) is 0.500. The SMILES string of the molecule is CCCNC(CC(F)(F)F)c1ccccc1Cl. The molecule has 0 saturated heterocycles. The predicted octanol–water partition coefficient (Wildman–Crippen LogP) is 4.33. The number of hydrogen-bond donors (Lipinski definition) is 1. The van der Waals surface area contributed by atoms with Crippen molar-refractivity contribution in [2.45, 2.75) is 32.0 Å². The summed E-state index contributed by atoms with van der Waals surface area (Å²) >= 11 is 5.92. The minimum Gasteiger partial charge on any atom is -0.310 e. The summed E-state index contributed by atoms with van der Waals surface area (Å²) in [5.41, 5.74) is 0.500. The van der Waals surface area contributed by atoms with E-state index in [4.69, 9.17) is 11.6 Å². The molecule has 0 aliphatic rings. The lowest BCUT2D eigenvalue weighted by molar-refractivity contribution is -0.140. The van der Waals surface area contributed by atoms with E-state index in [2.05, 4.69) is 5.32 Å². The Kier molecular flexibility index (Phi) is 5.28. The van der Waals surface area contributed by atoms with Crippen LogP contribution in [-0.2, 0) is 0 Å². The van der Waals surface area contributed by atoms with Crippen LogP contribution in [0, 0.1) is 0 Å². The largest absolute Gasteiger partial charge is 0.390 e. The zero-order chi connectivity index (χ0) is 12.9. The fourth-order valence-electron chi connectivity index (χ4n) is 1.60. The van der Waals surface area contributed by atoms with E-state index in [1.807, 2.05) is 6.92 Å². The molecule has 1 N–H and O–H groups in total. The van der Waals surface area contributed by atoms with Crippen molar-refractivity contribution in [3.8, 4) is 0 Å². The van der Waals surface area contributed by atoms with Crippen LogP contribution in [0.25, 0.3) is 0 Å². The zero-order valence-electron chi connectivity index (χ0n) is 9.52. The molecule has 96 valence electrons. The molecule has 0 heterocycles. The standard InChI is InChI=1S/C12H15ClF3N/c1-2-7-17-11(8-12(14,15)16)9-5-3-4-6-10(9)13/h3-6,11,17H,2,7-8H2,1H3. The monoisotopic (exact) mass is 265 g/mol. The van der Waals surface area contributed by atoms with Crippen molar-refractivity contribution < 1.29 is 13.2 Å². The third-order valence-corrected chi connectivity index (χ3v) is 2.70. The van der Waals surface area contributed by atoms with Crippen molar-refractivity contribution in [1.82, 2.24) is 5.32 Å². The molecule has 0 aliphatic carbocycles. The second-order valence-corrected chi connectivity index (χ2v) is 4.25. The Labute approximate surface area is 104 Å². The van der Waals surface area contributed by atoms with E-state index in [1.165, 1.54) is 0 Å². The molecule has 0 radical (unpaired) electrons. The number of benzene rings is 1. The van der Waals surface area contributed by atoms with Crippen molar-refractivity contribution >= 4 is 11.6 Å². The van der Waals surface area contributed by atoms with E-state index in [0.29, 0.717) is 17.1 Å².